The molecule has 2 aromatic carbocycles. The first-order valence-corrected chi connectivity index (χ1v) is 10.4. The third-order valence-electron chi connectivity index (χ3n) is 4.08. The standard InChI is InChI=1S/C21H22ClN3O2S/c1-14(2)12-18(15-8-4-3-5-9-15)23-19(26)13-28-21-25-24-20(27-21)16-10-6-7-11-17(16)22/h3-11,14,18H,12-13H2,1-2H3,(H,23,26). The lowest BCUT2D eigenvalue weighted by Gasteiger charge is -2.21. The number of rotatable bonds is 8. The molecule has 1 amide bonds. The second-order valence-corrected chi connectivity index (χ2v) is 8.14. The molecular weight excluding hydrogens is 394 g/mol. The largest absolute Gasteiger partial charge is 0.411 e. The highest BCUT2D eigenvalue weighted by Gasteiger charge is 2.18. The van der Waals surface area contributed by atoms with Crippen LogP contribution in [0.3, 0.4) is 0 Å². The second-order valence-electron chi connectivity index (χ2n) is 6.80. The molecule has 1 aromatic heterocycles. The Hall–Kier alpha value is -2.31. The Morgan fingerprint density at radius 2 is 1.82 bits per heavy atom. The van der Waals surface area contributed by atoms with E-state index in [1.54, 1.807) is 6.07 Å². The van der Waals surface area contributed by atoms with Gasteiger partial charge in [0.25, 0.3) is 5.22 Å². The number of nitrogens with one attached hydrogen (secondary N) is 1. The first kappa shape index (κ1) is 20.4. The van der Waals surface area contributed by atoms with Crippen LogP contribution >= 0.6 is 23.4 Å². The Labute approximate surface area is 173 Å². The third kappa shape index (κ3) is 5.59. The zero-order chi connectivity index (χ0) is 19.9. The number of hydrogen-bond donors (Lipinski definition) is 1. The van der Waals surface area contributed by atoms with E-state index in [9.17, 15) is 4.79 Å². The van der Waals surface area contributed by atoms with E-state index < -0.39 is 0 Å². The van der Waals surface area contributed by atoms with Gasteiger partial charge in [-0.3, -0.25) is 4.79 Å². The molecule has 0 radical (unpaired) electrons. The van der Waals surface area contributed by atoms with Crippen molar-refractivity contribution in [2.24, 2.45) is 5.92 Å². The van der Waals surface area contributed by atoms with E-state index in [1.165, 1.54) is 11.8 Å². The van der Waals surface area contributed by atoms with Gasteiger partial charge in [0.2, 0.25) is 11.8 Å². The maximum Gasteiger partial charge on any atom is 0.277 e. The van der Waals surface area contributed by atoms with Crippen LogP contribution in [0.5, 0.6) is 0 Å². The van der Waals surface area contributed by atoms with Gasteiger partial charge >= 0.3 is 0 Å². The van der Waals surface area contributed by atoms with E-state index in [2.05, 4.69) is 29.4 Å². The summed E-state index contributed by atoms with van der Waals surface area (Å²) in [5.41, 5.74) is 1.78. The number of amides is 1. The average Bonchev–Trinajstić information content (AvgIpc) is 3.15. The second kappa shape index (κ2) is 9.75. The summed E-state index contributed by atoms with van der Waals surface area (Å²) >= 11 is 7.36. The molecule has 0 spiro atoms. The predicted molar refractivity (Wildman–Crippen MR) is 112 cm³/mol. The molecule has 0 saturated heterocycles. The third-order valence-corrected chi connectivity index (χ3v) is 5.23. The van der Waals surface area contributed by atoms with Crippen LogP contribution in [0.15, 0.2) is 64.2 Å². The minimum Gasteiger partial charge on any atom is -0.411 e. The first-order chi connectivity index (χ1) is 13.5. The number of carbonyl (C=O) groups is 1. The molecule has 146 valence electrons. The predicted octanol–water partition coefficient (Wildman–Crippen LogP) is 5.39. The number of hydrogen-bond acceptors (Lipinski definition) is 5. The van der Waals surface area contributed by atoms with Gasteiger partial charge in [0.05, 0.1) is 22.4 Å². The topological polar surface area (TPSA) is 68.0 Å². The lowest BCUT2D eigenvalue weighted by atomic mass is 9.97. The van der Waals surface area contributed by atoms with Gasteiger partial charge < -0.3 is 9.73 Å². The summed E-state index contributed by atoms with van der Waals surface area (Å²) in [6.07, 6.45) is 0.873. The molecule has 0 fully saturated rings. The Balaban J connectivity index is 1.60. The van der Waals surface area contributed by atoms with Crippen LogP contribution in [-0.4, -0.2) is 21.9 Å². The van der Waals surface area contributed by atoms with Crippen molar-refractivity contribution in [3.63, 3.8) is 0 Å². The summed E-state index contributed by atoms with van der Waals surface area (Å²) in [6, 6.07) is 17.3. The fourth-order valence-corrected chi connectivity index (χ4v) is 3.60. The van der Waals surface area contributed by atoms with E-state index in [-0.39, 0.29) is 17.7 Å². The van der Waals surface area contributed by atoms with Gasteiger partial charge in [0, 0.05) is 0 Å². The van der Waals surface area contributed by atoms with Gasteiger partial charge in [-0.05, 0) is 30.0 Å². The van der Waals surface area contributed by atoms with Crippen LogP contribution in [0.1, 0.15) is 31.9 Å². The summed E-state index contributed by atoms with van der Waals surface area (Å²) < 4.78 is 5.63. The lowest BCUT2D eigenvalue weighted by Crippen LogP contribution is -2.30. The van der Waals surface area contributed by atoms with Crippen molar-refractivity contribution in [3.05, 3.63) is 65.2 Å². The Morgan fingerprint density at radius 1 is 1.11 bits per heavy atom. The molecule has 1 N–H and O–H groups in total. The van der Waals surface area contributed by atoms with Crippen molar-refractivity contribution < 1.29 is 9.21 Å². The molecule has 5 nitrogen and oxygen atoms in total. The van der Waals surface area contributed by atoms with Crippen LogP contribution in [-0.2, 0) is 4.79 Å². The van der Waals surface area contributed by atoms with Crippen LogP contribution in [0.4, 0.5) is 0 Å². The van der Waals surface area contributed by atoms with Gasteiger partial charge in [-0.2, -0.15) is 0 Å². The monoisotopic (exact) mass is 415 g/mol. The highest BCUT2D eigenvalue weighted by Crippen LogP contribution is 2.29. The van der Waals surface area contributed by atoms with Crippen molar-refractivity contribution in [2.75, 3.05) is 5.75 Å². The molecule has 0 bridgehead atoms. The van der Waals surface area contributed by atoms with Crippen molar-refractivity contribution in [3.8, 4) is 11.5 Å². The zero-order valence-electron chi connectivity index (χ0n) is 15.8. The summed E-state index contributed by atoms with van der Waals surface area (Å²) in [4.78, 5) is 12.5. The molecule has 1 unspecified atom stereocenters. The SMILES string of the molecule is CC(C)CC(NC(=O)CSc1nnc(-c2ccccc2Cl)o1)c1ccccc1. The van der Waals surface area contributed by atoms with E-state index in [4.69, 9.17) is 16.0 Å². The van der Waals surface area contributed by atoms with Gasteiger partial charge in [-0.15, -0.1) is 10.2 Å². The van der Waals surface area contributed by atoms with Crippen LogP contribution in [0.25, 0.3) is 11.5 Å². The quantitative estimate of drug-likeness (QED) is 0.500. The number of carbonyl (C=O) groups excluding carboxylic acids is 1. The summed E-state index contributed by atoms with van der Waals surface area (Å²) in [6.45, 7) is 4.29. The number of benzene rings is 2. The van der Waals surface area contributed by atoms with Crippen molar-refractivity contribution >= 4 is 29.3 Å². The van der Waals surface area contributed by atoms with E-state index >= 15 is 0 Å². The number of nitrogens with zero attached hydrogens (tertiary/aromatic N) is 2. The molecule has 0 saturated carbocycles. The van der Waals surface area contributed by atoms with Crippen molar-refractivity contribution in [2.45, 2.75) is 31.5 Å². The fraction of sp³-hybridized carbons (Fsp3) is 0.286. The molecular formula is C21H22ClN3O2S. The van der Waals surface area contributed by atoms with Crippen molar-refractivity contribution in [1.82, 2.24) is 15.5 Å². The zero-order valence-corrected chi connectivity index (χ0v) is 17.3. The number of halogens is 1. The molecule has 0 aliphatic heterocycles. The fourth-order valence-electron chi connectivity index (χ4n) is 2.81. The van der Waals surface area contributed by atoms with E-state index in [0.717, 1.165) is 12.0 Å². The Morgan fingerprint density at radius 3 is 2.54 bits per heavy atom. The molecule has 1 heterocycles. The number of thioether (sulfide) groups is 1. The maximum absolute atomic E-state index is 12.5. The van der Waals surface area contributed by atoms with Gasteiger partial charge in [0.1, 0.15) is 0 Å². The molecule has 3 rings (SSSR count). The molecule has 0 aliphatic carbocycles. The lowest BCUT2D eigenvalue weighted by molar-refractivity contribution is -0.119. The summed E-state index contributed by atoms with van der Waals surface area (Å²) in [5.74, 6) is 0.936. The van der Waals surface area contributed by atoms with Gasteiger partial charge in [-0.25, -0.2) is 0 Å². The van der Waals surface area contributed by atoms with Gasteiger partial charge in [0.15, 0.2) is 0 Å². The Kier molecular flexibility index (Phi) is 7.12. The van der Waals surface area contributed by atoms with E-state index in [1.807, 2.05) is 48.5 Å². The van der Waals surface area contributed by atoms with Crippen molar-refractivity contribution in [1.29, 1.82) is 0 Å². The average molecular weight is 416 g/mol. The highest BCUT2D eigenvalue weighted by molar-refractivity contribution is 7.99. The Bertz CT molecular complexity index is 915. The molecule has 1 atom stereocenters. The molecule has 0 aliphatic rings. The normalized spacial score (nSPS) is 12.1. The molecule has 7 heteroatoms. The maximum atomic E-state index is 12.5. The summed E-state index contributed by atoms with van der Waals surface area (Å²) in [7, 11) is 0. The van der Waals surface area contributed by atoms with Crippen LogP contribution in [0, 0.1) is 5.92 Å². The minimum absolute atomic E-state index is 0.0179. The first-order valence-electron chi connectivity index (χ1n) is 9.08. The minimum atomic E-state index is -0.0722. The highest BCUT2D eigenvalue weighted by atomic mass is 35.5. The van der Waals surface area contributed by atoms with Crippen LogP contribution in [0.2, 0.25) is 5.02 Å². The smallest absolute Gasteiger partial charge is 0.277 e. The number of aromatic nitrogens is 2. The molecule has 3 aromatic rings. The summed E-state index contributed by atoms with van der Waals surface area (Å²) in [5, 5.41) is 12.0. The van der Waals surface area contributed by atoms with E-state index in [0.29, 0.717) is 27.6 Å². The van der Waals surface area contributed by atoms with Gasteiger partial charge in [-0.1, -0.05) is 79.7 Å². The van der Waals surface area contributed by atoms with Crippen LogP contribution < -0.4 is 5.32 Å². The molecule has 28 heavy (non-hydrogen) atoms.